The molecule has 1 aliphatic heterocycles. The van der Waals surface area contributed by atoms with Gasteiger partial charge in [0.2, 0.25) is 5.91 Å². The monoisotopic (exact) mass is 337 g/mol. The molecule has 0 bridgehead atoms. The third kappa shape index (κ3) is 3.83. The Morgan fingerprint density at radius 3 is 2.87 bits per heavy atom. The van der Waals surface area contributed by atoms with Gasteiger partial charge in [-0.05, 0) is 25.7 Å². The van der Waals surface area contributed by atoms with E-state index in [1.807, 2.05) is 0 Å². The van der Waals surface area contributed by atoms with Gasteiger partial charge in [0.05, 0.1) is 23.7 Å². The van der Waals surface area contributed by atoms with Crippen LogP contribution in [0, 0.1) is 0 Å². The molecule has 2 heterocycles. The van der Waals surface area contributed by atoms with E-state index in [-0.39, 0.29) is 24.0 Å². The lowest BCUT2D eigenvalue weighted by Crippen LogP contribution is -2.46. The lowest BCUT2D eigenvalue weighted by molar-refractivity contribution is -0.132. The van der Waals surface area contributed by atoms with Crippen LogP contribution >= 0.6 is 0 Å². The quantitative estimate of drug-likeness (QED) is 0.786. The fourth-order valence-electron chi connectivity index (χ4n) is 3.35. The number of amides is 1. The predicted molar refractivity (Wildman–Crippen MR) is 87.5 cm³/mol. The molecule has 23 heavy (non-hydrogen) atoms. The number of hydrogen-bond donors (Lipinski definition) is 0. The first-order chi connectivity index (χ1) is 10.9. The molecule has 1 aliphatic carbocycles. The summed E-state index contributed by atoms with van der Waals surface area (Å²) in [7, 11) is -1.32. The predicted octanol–water partition coefficient (Wildman–Crippen LogP) is 1.61. The molecule has 1 atom stereocenters. The minimum Gasteiger partial charge on any atom is -0.333 e. The normalized spacial score (nSPS) is 24.3. The lowest BCUT2D eigenvalue weighted by Gasteiger charge is -2.35. The fraction of sp³-hybridized carbons (Fsp3) is 0.625. The third-order valence-corrected chi connectivity index (χ3v) is 6.25. The van der Waals surface area contributed by atoms with Gasteiger partial charge >= 0.3 is 0 Å². The second-order valence-corrected chi connectivity index (χ2v) is 8.68. The Balaban J connectivity index is 1.80. The highest BCUT2D eigenvalue weighted by Gasteiger charge is 2.35. The van der Waals surface area contributed by atoms with E-state index >= 15 is 0 Å². The Bertz CT molecular complexity index is 721. The van der Waals surface area contributed by atoms with Crippen molar-refractivity contribution >= 4 is 15.7 Å². The molecule has 0 aromatic carbocycles. The Kier molecular flexibility index (Phi) is 4.57. The highest BCUT2D eigenvalue weighted by Crippen LogP contribution is 2.29. The van der Waals surface area contributed by atoms with Crippen molar-refractivity contribution in [1.82, 2.24) is 14.7 Å². The van der Waals surface area contributed by atoms with Crippen LogP contribution in [0.25, 0.3) is 0 Å². The molecule has 1 saturated heterocycles. The van der Waals surface area contributed by atoms with Crippen molar-refractivity contribution in [3.63, 3.8) is 0 Å². The first-order valence-electron chi connectivity index (χ1n) is 8.11. The molecule has 1 aromatic heterocycles. The summed E-state index contributed by atoms with van der Waals surface area (Å²) < 4.78 is 25.7. The molecular formula is C16H23N3O3S. The zero-order chi connectivity index (χ0) is 16.4. The van der Waals surface area contributed by atoms with Crippen LogP contribution in [0.5, 0.6) is 0 Å². The molecule has 7 heteroatoms. The van der Waals surface area contributed by atoms with E-state index < -0.39 is 15.9 Å². The molecule has 3 rings (SSSR count). The molecule has 0 saturated carbocycles. The molecule has 2 aliphatic rings. The van der Waals surface area contributed by atoms with Crippen molar-refractivity contribution in [2.75, 3.05) is 18.1 Å². The van der Waals surface area contributed by atoms with Crippen LogP contribution in [0.2, 0.25) is 0 Å². The van der Waals surface area contributed by atoms with Gasteiger partial charge in [0, 0.05) is 31.8 Å². The van der Waals surface area contributed by atoms with Gasteiger partial charge in [-0.25, -0.2) is 8.42 Å². The van der Waals surface area contributed by atoms with Crippen molar-refractivity contribution < 1.29 is 13.2 Å². The molecule has 0 spiro atoms. The molecule has 0 radical (unpaired) electrons. The number of hydrogen-bond acceptors (Lipinski definition) is 4. The number of aromatic nitrogens is 2. The average Bonchev–Trinajstić information content (AvgIpc) is 2.94. The maximum absolute atomic E-state index is 12.7. The smallest absolute Gasteiger partial charge is 0.227 e. The van der Waals surface area contributed by atoms with Crippen molar-refractivity contribution in [3.05, 3.63) is 29.6 Å². The van der Waals surface area contributed by atoms with Crippen molar-refractivity contribution in [1.29, 1.82) is 0 Å². The van der Waals surface area contributed by atoms with Crippen LogP contribution in [-0.4, -0.2) is 47.1 Å². The average molecular weight is 337 g/mol. The topological polar surface area (TPSA) is 72.3 Å². The number of carbonyl (C=O) groups excluding carboxylic acids is 1. The largest absolute Gasteiger partial charge is 0.333 e. The zero-order valence-corrected chi connectivity index (χ0v) is 14.3. The van der Waals surface area contributed by atoms with Gasteiger partial charge in [-0.2, -0.15) is 5.10 Å². The maximum Gasteiger partial charge on any atom is 0.227 e. The van der Waals surface area contributed by atoms with Crippen LogP contribution in [0.1, 0.15) is 43.7 Å². The summed E-state index contributed by atoms with van der Waals surface area (Å²) in [5, 5.41) is 4.12. The van der Waals surface area contributed by atoms with Crippen molar-refractivity contribution in [2.45, 2.75) is 38.1 Å². The van der Waals surface area contributed by atoms with E-state index in [1.54, 1.807) is 29.0 Å². The van der Waals surface area contributed by atoms with Crippen LogP contribution in [0.15, 0.2) is 24.0 Å². The standard InChI is InChI=1S/C16H23N3O3S/c1-18-11-14(10-17-18)15-12-23(21,22)8-7-19(15)16(20)9-13-5-3-2-4-6-13/h5,10-11,15H,2-4,6-9,12H2,1H3/t15-/m1/s1. The Hall–Kier alpha value is -1.63. The van der Waals surface area contributed by atoms with Gasteiger partial charge in [0.1, 0.15) is 0 Å². The van der Waals surface area contributed by atoms with Gasteiger partial charge in [-0.1, -0.05) is 11.6 Å². The summed E-state index contributed by atoms with van der Waals surface area (Å²) >= 11 is 0. The maximum atomic E-state index is 12.7. The first kappa shape index (κ1) is 16.2. The van der Waals surface area contributed by atoms with Gasteiger partial charge in [-0.15, -0.1) is 0 Å². The van der Waals surface area contributed by atoms with Gasteiger partial charge in [-0.3, -0.25) is 9.48 Å². The zero-order valence-electron chi connectivity index (χ0n) is 13.4. The molecule has 1 aromatic rings. The first-order valence-corrected chi connectivity index (χ1v) is 9.93. The van der Waals surface area contributed by atoms with Gasteiger partial charge in [0.15, 0.2) is 9.84 Å². The van der Waals surface area contributed by atoms with Crippen LogP contribution in [0.3, 0.4) is 0 Å². The summed E-state index contributed by atoms with van der Waals surface area (Å²) in [5.41, 5.74) is 1.99. The van der Waals surface area contributed by atoms with E-state index in [4.69, 9.17) is 0 Å². The van der Waals surface area contributed by atoms with Crippen LogP contribution < -0.4 is 0 Å². The van der Waals surface area contributed by atoms with E-state index in [2.05, 4.69) is 11.2 Å². The minimum absolute atomic E-state index is 0.0104. The van der Waals surface area contributed by atoms with Crippen molar-refractivity contribution in [2.24, 2.45) is 7.05 Å². The minimum atomic E-state index is -3.12. The Morgan fingerprint density at radius 1 is 1.39 bits per heavy atom. The summed E-state index contributed by atoms with van der Waals surface area (Å²) in [5.74, 6) is 0.0693. The van der Waals surface area contributed by atoms with Crippen LogP contribution in [0.4, 0.5) is 0 Å². The van der Waals surface area contributed by atoms with Gasteiger partial charge < -0.3 is 4.90 Å². The van der Waals surface area contributed by atoms with E-state index in [0.717, 1.165) is 24.8 Å². The number of carbonyl (C=O) groups is 1. The SMILES string of the molecule is Cn1cc([C@H]2CS(=O)(=O)CCN2C(=O)CC2=CCCCC2)cn1. The Labute approximate surface area is 137 Å². The number of aryl methyl sites for hydroxylation is 1. The Morgan fingerprint density at radius 2 is 2.22 bits per heavy atom. The fourth-order valence-corrected chi connectivity index (χ4v) is 4.85. The molecule has 6 nitrogen and oxygen atoms in total. The second-order valence-electron chi connectivity index (χ2n) is 6.45. The number of nitrogens with zero attached hydrogens (tertiary/aromatic N) is 3. The van der Waals surface area contributed by atoms with Gasteiger partial charge in [0.25, 0.3) is 0 Å². The number of allylic oxidation sites excluding steroid dienone is 1. The summed E-state index contributed by atoms with van der Waals surface area (Å²) in [6.07, 6.45) is 10.4. The highest BCUT2D eigenvalue weighted by atomic mass is 32.2. The third-order valence-electron chi connectivity index (χ3n) is 4.62. The summed E-state index contributed by atoms with van der Waals surface area (Å²) in [4.78, 5) is 14.5. The molecule has 0 unspecified atom stereocenters. The lowest BCUT2D eigenvalue weighted by atomic mass is 9.96. The molecule has 1 fully saturated rings. The van der Waals surface area contributed by atoms with E-state index in [9.17, 15) is 13.2 Å². The van der Waals surface area contributed by atoms with Crippen molar-refractivity contribution in [3.8, 4) is 0 Å². The van der Waals surface area contributed by atoms with E-state index in [0.29, 0.717) is 6.42 Å². The molecular weight excluding hydrogens is 314 g/mol. The molecule has 0 N–H and O–H groups in total. The number of sulfone groups is 1. The summed E-state index contributed by atoms with van der Waals surface area (Å²) in [6, 6.07) is -0.417. The second kappa shape index (κ2) is 6.47. The summed E-state index contributed by atoms with van der Waals surface area (Å²) in [6.45, 7) is 0.272. The molecule has 126 valence electrons. The highest BCUT2D eigenvalue weighted by molar-refractivity contribution is 7.91. The molecule has 1 amide bonds. The van der Waals surface area contributed by atoms with Crippen LogP contribution in [-0.2, 0) is 21.7 Å². The van der Waals surface area contributed by atoms with E-state index in [1.165, 1.54) is 12.0 Å². The number of rotatable bonds is 3.